The second kappa shape index (κ2) is 3.21. The molecule has 0 saturated heterocycles. The molecule has 0 radical (unpaired) electrons. The van der Waals surface area contributed by atoms with Crippen LogP contribution in [-0.4, -0.2) is 16.0 Å². The molecule has 1 aromatic rings. The van der Waals surface area contributed by atoms with Crippen molar-refractivity contribution in [3.63, 3.8) is 0 Å². The number of aryl methyl sites for hydroxylation is 1. The minimum Gasteiger partial charge on any atom is -0.330 e. The number of hydrogen-bond donors (Lipinski definition) is 1. The molecule has 1 amide bonds. The maximum atomic E-state index is 10.6. The highest BCUT2D eigenvalue weighted by molar-refractivity contribution is 5.89. The van der Waals surface area contributed by atoms with Crippen molar-refractivity contribution in [3.8, 4) is 0 Å². The van der Waals surface area contributed by atoms with E-state index in [0.29, 0.717) is 0 Å². The van der Waals surface area contributed by atoms with Crippen LogP contribution in [-0.2, 0) is 4.79 Å². The zero-order valence-electron chi connectivity index (χ0n) is 7.03. The van der Waals surface area contributed by atoms with E-state index in [-0.39, 0.29) is 17.3 Å². The van der Waals surface area contributed by atoms with Crippen LogP contribution in [0.25, 0.3) is 0 Å². The summed E-state index contributed by atoms with van der Waals surface area (Å²) in [6.07, 6.45) is 0. The van der Waals surface area contributed by atoms with Crippen molar-refractivity contribution in [3.05, 3.63) is 15.8 Å². The van der Waals surface area contributed by atoms with Gasteiger partial charge >= 0.3 is 11.6 Å². The molecule has 1 aromatic heterocycles. The fraction of sp³-hybridized carbons (Fsp3) is 0.333. The smallest absolute Gasteiger partial charge is 0.330 e. The number of carbonyl (C=O) groups is 1. The molecular formula is C6H7N3O4. The summed E-state index contributed by atoms with van der Waals surface area (Å²) in [4.78, 5) is 20.4. The van der Waals surface area contributed by atoms with E-state index < -0.39 is 10.8 Å². The molecule has 1 heterocycles. The normalized spacial score (nSPS) is 9.69. The van der Waals surface area contributed by atoms with E-state index in [1.807, 2.05) is 0 Å². The van der Waals surface area contributed by atoms with Crippen LogP contribution in [0.2, 0.25) is 0 Å². The van der Waals surface area contributed by atoms with Gasteiger partial charge in [-0.05, 0) is 6.92 Å². The molecule has 13 heavy (non-hydrogen) atoms. The highest BCUT2D eigenvalue weighted by atomic mass is 16.6. The summed E-state index contributed by atoms with van der Waals surface area (Å²) in [5.74, 6) is -0.672. The summed E-state index contributed by atoms with van der Waals surface area (Å²) in [5.41, 5.74) is -0.177. The first-order valence-electron chi connectivity index (χ1n) is 3.40. The van der Waals surface area contributed by atoms with Gasteiger partial charge in [0.05, 0.1) is 4.92 Å². The molecule has 0 aliphatic heterocycles. The molecule has 0 atom stereocenters. The van der Waals surface area contributed by atoms with Gasteiger partial charge in [-0.3, -0.25) is 20.2 Å². The van der Waals surface area contributed by atoms with Crippen molar-refractivity contribution in [1.82, 2.24) is 5.16 Å². The quantitative estimate of drug-likeness (QED) is 0.543. The molecule has 0 aromatic carbocycles. The molecule has 7 nitrogen and oxygen atoms in total. The Morgan fingerprint density at radius 2 is 2.31 bits per heavy atom. The molecule has 0 aliphatic rings. The Balaban J connectivity index is 3.07. The second-order valence-electron chi connectivity index (χ2n) is 2.38. The second-order valence-corrected chi connectivity index (χ2v) is 2.38. The van der Waals surface area contributed by atoms with Crippen molar-refractivity contribution in [2.24, 2.45) is 0 Å². The van der Waals surface area contributed by atoms with Crippen LogP contribution in [0, 0.1) is 17.0 Å². The molecule has 0 saturated carbocycles. The first-order valence-corrected chi connectivity index (χ1v) is 3.40. The van der Waals surface area contributed by atoms with E-state index in [9.17, 15) is 14.9 Å². The molecule has 0 fully saturated rings. The van der Waals surface area contributed by atoms with E-state index in [0.717, 1.165) is 0 Å². The summed E-state index contributed by atoms with van der Waals surface area (Å²) >= 11 is 0. The molecule has 0 aliphatic carbocycles. The summed E-state index contributed by atoms with van der Waals surface area (Å²) in [6, 6.07) is 0. The van der Waals surface area contributed by atoms with Crippen molar-refractivity contribution in [1.29, 1.82) is 0 Å². The molecule has 0 unspecified atom stereocenters. The van der Waals surface area contributed by atoms with Gasteiger partial charge in [0, 0.05) is 6.92 Å². The summed E-state index contributed by atoms with van der Waals surface area (Å²) in [5, 5.41) is 16.0. The zero-order valence-corrected chi connectivity index (χ0v) is 7.03. The number of nitro groups is 1. The van der Waals surface area contributed by atoms with E-state index in [1.54, 1.807) is 0 Å². The van der Waals surface area contributed by atoms with Crippen LogP contribution in [0.3, 0.4) is 0 Å². The Bertz CT molecular complexity index is 357. The summed E-state index contributed by atoms with van der Waals surface area (Å²) in [7, 11) is 0. The Kier molecular flexibility index (Phi) is 2.27. The lowest BCUT2D eigenvalue weighted by Crippen LogP contribution is -2.06. The molecule has 0 spiro atoms. The van der Waals surface area contributed by atoms with E-state index in [2.05, 4.69) is 15.0 Å². The molecular weight excluding hydrogens is 178 g/mol. The number of anilines is 1. The fourth-order valence-electron chi connectivity index (χ4n) is 0.822. The van der Waals surface area contributed by atoms with Crippen LogP contribution >= 0.6 is 0 Å². The van der Waals surface area contributed by atoms with Crippen molar-refractivity contribution >= 4 is 17.5 Å². The summed E-state index contributed by atoms with van der Waals surface area (Å²) in [6.45, 7) is 2.65. The Labute approximate surface area is 72.9 Å². The zero-order chi connectivity index (χ0) is 10.0. The van der Waals surface area contributed by atoms with Crippen LogP contribution < -0.4 is 5.32 Å². The van der Waals surface area contributed by atoms with Gasteiger partial charge in [-0.15, -0.1) is 0 Å². The molecule has 1 N–H and O–H groups in total. The monoisotopic (exact) mass is 185 g/mol. The third-order valence-corrected chi connectivity index (χ3v) is 1.30. The lowest BCUT2D eigenvalue weighted by molar-refractivity contribution is -0.384. The molecule has 7 heteroatoms. The highest BCUT2D eigenvalue weighted by Gasteiger charge is 2.24. The van der Waals surface area contributed by atoms with E-state index in [1.165, 1.54) is 13.8 Å². The fourth-order valence-corrected chi connectivity index (χ4v) is 0.822. The number of rotatable bonds is 2. The Morgan fingerprint density at radius 1 is 1.69 bits per heavy atom. The minimum absolute atomic E-state index is 0.133. The van der Waals surface area contributed by atoms with Gasteiger partial charge in [0.2, 0.25) is 5.91 Å². The van der Waals surface area contributed by atoms with Gasteiger partial charge in [0.25, 0.3) is 0 Å². The minimum atomic E-state index is -0.656. The predicted molar refractivity (Wildman–Crippen MR) is 42.2 cm³/mol. The lowest BCUT2D eigenvalue weighted by atomic mass is 10.4. The van der Waals surface area contributed by atoms with Gasteiger partial charge in [-0.25, -0.2) is 0 Å². The maximum absolute atomic E-state index is 10.6. The first kappa shape index (κ1) is 9.17. The SMILES string of the molecule is CC(=O)Nc1onc(C)c1[N+](=O)[O-]. The van der Waals surface area contributed by atoms with Gasteiger partial charge in [-0.1, -0.05) is 5.16 Å². The van der Waals surface area contributed by atoms with Gasteiger partial charge in [-0.2, -0.15) is 0 Å². The topological polar surface area (TPSA) is 98.3 Å². The van der Waals surface area contributed by atoms with Crippen LogP contribution in [0.4, 0.5) is 11.6 Å². The largest absolute Gasteiger partial charge is 0.356 e. The van der Waals surface area contributed by atoms with Crippen molar-refractivity contribution in [2.75, 3.05) is 5.32 Å². The number of amides is 1. The third-order valence-electron chi connectivity index (χ3n) is 1.30. The Hall–Kier alpha value is -1.92. The number of hydrogen-bond acceptors (Lipinski definition) is 5. The lowest BCUT2D eigenvalue weighted by Gasteiger charge is -1.93. The van der Waals surface area contributed by atoms with Crippen molar-refractivity contribution < 1.29 is 14.2 Å². The van der Waals surface area contributed by atoms with E-state index >= 15 is 0 Å². The molecule has 0 bridgehead atoms. The Morgan fingerprint density at radius 3 is 2.77 bits per heavy atom. The van der Waals surface area contributed by atoms with Gasteiger partial charge in [0.1, 0.15) is 0 Å². The number of nitrogens with one attached hydrogen (secondary N) is 1. The average Bonchev–Trinajstić information content (AvgIpc) is 2.30. The highest BCUT2D eigenvalue weighted by Crippen LogP contribution is 2.27. The maximum Gasteiger partial charge on any atom is 0.356 e. The first-order chi connectivity index (χ1) is 6.02. The van der Waals surface area contributed by atoms with Crippen molar-refractivity contribution in [2.45, 2.75) is 13.8 Å². The number of carbonyl (C=O) groups excluding carboxylic acids is 1. The predicted octanol–water partition coefficient (Wildman–Crippen LogP) is 0.850. The van der Waals surface area contributed by atoms with E-state index in [4.69, 9.17) is 0 Å². The van der Waals surface area contributed by atoms with Crippen LogP contribution in [0.15, 0.2) is 4.52 Å². The standard InChI is InChI=1S/C6H7N3O4/c1-3-5(9(11)12)6(13-8-3)7-4(2)10/h1-2H3,(H,7,10). The van der Waals surface area contributed by atoms with Crippen LogP contribution in [0.1, 0.15) is 12.6 Å². The third kappa shape index (κ3) is 1.81. The molecule has 70 valence electrons. The van der Waals surface area contributed by atoms with Crippen LogP contribution in [0.5, 0.6) is 0 Å². The summed E-state index contributed by atoms with van der Waals surface area (Å²) < 4.78 is 4.54. The number of nitrogens with zero attached hydrogens (tertiary/aromatic N) is 2. The average molecular weight is 185 g/mol. The molecule has 1 rings (SSSR count). The number of aromatic nitrogens is 1. The van der Waals surface area contributed by atoms with Gasteiger partial charge in [0.15, 0.2) is 5.69 Å². The van der Waals surface area contributed by atoms with Gasteiger partial charge < -0.3 is 4.52 Å².